The van der Waals surface area contributed by atoms with Gasteiger partial charge in [-0.15, -0.1) is 11.3 Å². The minimum absolute atomic E-state index is 0.295. The number of aromatic nitrogens is 1. The van der Waals surface area contributed by atoms with Crippen molar-refractivity contribution in [2.75, 3.05) is 6.54 Å². The molecule has 0 bridgehead atoms. The number of thiazole rings is 1. The molecule has 1 aromatic heterocycles. The van der Waals surface area contributed by atoms with Crippen LogP contribution in [0.3, 0.4) is 0 Å². The molecule has 112 valence electrons. The third-order valence-electron chi connectivity index (χ3n) is 2.37. The SMILES string of the molecule is CCCN(C(=O)OC(C)(C)C)C(C(=O)O)c1cscn1. The molecule has 0 aromatic carbocycles. The molecule has 0 radical (unpaired) electrons. The molecule has 1 atom stereocenters. The first-order valence-electron chi connectivity index (χ1n) is 6.36. The average molecular weight is 300 g/mol. The van der Waals surface area contributed by atoms with E-state index in [0.29, 0.717) is 18.7 Å². The lowest BCUT2D eigenvalue weighted by atomic mass is 10.2. The van der Waals surface area contributed by atoms with Gasteiger partial charge in [-0.25, -0.2) is 14.6 Å². The van der Waals surface area contributed by atoms with Crippen LogP contribution in [-0.4, -0.2) is 39.2 Å². The molecule has 0 saturated carbocycles. The maximum atomic E-state index is 12.2. The summed E-state index contributed by atoms with van der Waals surface area (Å²) in [6.45, 7) is 7.40. The zero-order chi connectivity index (χ0) is 15.3. The summed E-state index contributed by atoms with van der Waals surface area (Å²) in [5.74, 6) is -1.12. The Morgan fingerprint density at radius 2 is 2.15 bits per heavy atom. The molecule has 0 aliphatic rings. The van der Waals surface area contributed by atoms with Gasteiger partial charge in [-0.2, -0.15) is 0 Å². The van der Waals surface area contributed by atoms with E-state index in [1.54, 1.807) is 31.7 Å². The Kier molecular flexibility index (Phi) is 5.50. The number of carbonyl (C=O) groups excluding carboxylic acids is 1. The molecule has 1 rings (SSSR count). The predicted molar refractivity (Wildman–Crippen MR) is 75.7 cm³/mol. The molecule has 0 aliphatic carbocycles. The van der Waals surface area contributed by atoms with Crippen molar-refractivity contribution in [3.8, 4) is 0 Å². The lowest BCUT2D eigenvalue weighted by molar-refractivity contribution is -0.143. The highest BCUT2D eigenvalue weighted by molar-refractivity contribution is 7.07. The molecule has 1 unspecified atom stereocenters. The first-order valence-corrected chi connectivity index (χ1v) is 7.31. The number of hydrogen-bond acceptors (Lipinski definition) is 5. The predicted octanol–water partition coefficient (Wildman–Crippen LogP) is 2.92. The van der Waals surface area contributed by atoms with Gasteiger partial charge in [-0.1, -0.05) is 6.92 Å². The van der Waals surface area contributed by atoms with Gasteiger partial charge >= 0.3 is 12.1 Å². The molecule has 0 fully saturated rings. The van der Waals surface area contributed by atoms with E-state index in [2.05, 4.69) is 4.98 Å². The van der Waals surface area contributed by atoms with Crippen LogP contribution in [0.5, 0.6) is 0 Å². The van der Waals surface area contributed by atoms with Crippen molar-refractivity contribution in [1.29, 1.82) is 0 Å². The summed E-state index contributed by atoms with van der Waals surface area (Å²) < 4.78 is 5.28. The molecule has 1 heterocycles. The number of carboxylic acid groups (broad SMARTS) is 1. The number of carbonyl (C=O) groups is 2. The highest BCUT2D eigenvalue weighted by Crippen LogP contribution is 2.24. The number of hydrogen-bond donors (Lipinski definition) is 1. The summed E-state index contributed by atoms with van der Waals surface area (Å²) in [6, 6.07) is -1.11. The van der Waals surface area contributed by atoms with Crippen LogP contribution in [0.25, 0.3) is 0 Å². The van der Waals surface area contributed by atoms with Crippen LogP contribution in [0.2, 0.25) is 0 Å². The molecule has 7 heteroatoms. The summed E-state index contributed by atoms with van der Waals surface area (Å²) in [5, 5.41) is 11.0. The van der Waals surface area contributed by atoms with Crippen molar-refractivity contribution in [3.05, 3.63) is 16.6 Å². The number of ether oxygens (including phenoxy) is 1. The quantitative estimate of drug-likeness (QED) is 0.904. The first kappa shape index (κ1) is 16.4. The Hall–Kier alpha value is -1.63. The van der Waals surface area contributed by atoms with Gasteiger partial charge in [0.1, 0.15) is 5.60 Å². The largest absolute Gasteiger partial charge is 0.479 e. The van der Waals surface area contributed by atoms with Crippen LogP contribution >= 0.6 is 11.3 Å². The fourth-order valence-electron chi connectivity index (χ4n) is 1.66. The molecular weight excluding hydrogens is 280 g/mol. The van der Waals surface area contributed by atoms with E-state index in [9.17, 15) is 14.7 Å². The molecule has 0 aliphatic heterocycles. The van der Waals surface area contributed by atoms with Crippen LogP contribution in [0.1, 0.15) is 45.9 Å². The third kappa shape index (κ3) is 4.48. The maximum Gasteiger partial charge on any atom is 0.411 e. The number of aliphatic carboxylic acids is 1. The molecular formula is C13H20N2O4S. The van der Waals surface area contributed by atoms with Gasteiger partial charge in [0.2, 0.25) is 0 Å². The lowest BCUT2D eigenvalue weighted by Gasteiger charge is -2.30. The van der Waals surface area contributed by atoms with Crippen LogP contribution in [0, 0.1) is 0 Å². The Bertz CT molecular complexity index is 453. The van der Waals surface area contributed by atoms with Crippen LogP contribution in [-0.2, 0) is 9.53 Å². The van der Waals surface area contributed by atoms with E-state index in [-0.39, 0.29) is 0 Å². The molecule has 1 amide bonds. The molecule has 1 aromatic rings. The summed E-state index contributed by atoms with van der Waals surface area (Å²) in [6.07, 6.45) is -0.00702. The van der Waals surface area contributed by atoms with E-state index < -0.39 is 23.7 Å². The number of carboxylic acids is 1. The van der Waals surface area contributed by atoms with Gasteiger partial charge in [-0.3, -0.25) is 4.90 Å². The van der Waals surface area contributed by atoms with E-state index in [0.717, 1.165) is 0 Å². The van der Waals surface area contributed by atoms with E-state index in [1.165, 1.54) is 16.2 Å². The van der Waals surface area contributed by atoms with Crippen molar-refractivity contribution in [1.82, 2.24) is 9.88 Å². The van der Waals surface area contributed by atoms with E-state index in [1.807, 2.05) is 6.92 Å². The van der Waals surface area contributed by atoms with Crippen molar-refractivity contribution >= 4 is 23.4 Å². The smallest absolute Gasteiger partial charge is 0.411 e. The minimum Gasteiger partial charge on any atom is -0.479 e. The molecule has 20 heavy (non-hydrogen) atoms. The summed E-state index contributed by atoms with van der Waals surface area (Å²) in [4.78, 5) is 28.9. The zero-order valence-electron chi connectivity index (χ0n) is 12.1. The molecule has 0 spiro atoms. The zero-order valence-corrected chi connectivity index (χ0v) is 12.9. The topological polar surface area (TPSA) is 79.7 Å². The van der Waals surface area contributed by atoms with Crippen molar-refractivity contribution in [3.63, 3.8) is 0 Å². The Balaban J connectivity index is 3.03. The second kappa shape index (κ2) is 6.69. The number of amides is 1. The van der Waals surface area contributed by atoms with Crippen LogP contribution < -0.4 is 0 Å². The summed E-state index contributed by atoms with van der Waals surface area (Å²) >= 11 is 1.29. The normalized spacial score (nSPS) is 12.8. The van der Waals surface area contributed by atoms with Gasteiger partial charge < -0.3 is 9.84 Å². The van der Waals surface area contributed by atoms with Gasteiger partial charge in [0.25, 0.3) is 0 Å². The highest BCUT2D eigenvalue weighted by Gasteiger charge is 2.34. The fourth-order valence-corrected chi connectivity index (χ4v) is 2.24. The summed E-state index contributed by atoms with van der Waals surface area (Å²) in [7, 11) is 0. The van der Waals surface area contributed by atoms with Gasteiger partial charge in [0, 0.05) is 11.9 Å². The van der Waals surface area contributed by atoms with Crippen molar-refractivity contribution in [2.45, 2.75) is 45.8 Å². The van der Waals surface area contributed by atoms with Crippen molar-refractivity contribution < 1.29 is 19.4 Å². The maximum absolute atomic E-state index is 12.2. The standard InChI is InChI=1S/C13H20N2O4S/c1-5-6-15(12(18)19-13(2,3)4)10(11(16)17)9-7-20-8-14-9/h7-8,10H,5-6H2,1-4H3,(H,16,17). The first-order chi connectivity index (χ1) is 9.26. The Labute approximate surface area is 122 Å². The minimum atomic E-state index is -1.12. The number of nitrogens with zero attached hydrogens (tertiary/aromatic N) is 2. The van der Waals surface area contributed by atoms with E-state index >= 15 is 0 Å². The third-order valence-corrected chi connectivity index (χ3v) is 2.97. The van der Waals surface area contributed by atoms with Gasteiger partial charge in [0.05, 0.1) is 11.2 Å². The Morgan fingerprint density at radius 3 is 2.55 bits per heavy atom. The molecule has 1 N–H and O–H groups in total. The number of rotatable bonds is 5. The Morgan fingerprint density at radius 1 is 1.50 bits per heavy atom. The van der Waals surface area contributed by atoms with Crippen LogP contribution in [0.15, 0.2) is 10.9 Å². The highest BCUT2D eigenvalue weighted by atomic mass is 32.1. The van der Waals surface area contributed by atoms with Gasteiger partial charge in [-0.05, 0) is 27.2 Å². The molecule has 0 saturated heterocycles. The van der Waals surface area contributed by atoms with E-state index in [4.69, 9.17) is 4.74 Å². The lowest BCUT2D eigenvalue weighted by Crippen LogP contribution is -2.42. The average Bonchev–Trinajstić information content (AvgIpc) is 2.79. The second-order valence-corrected chi connectivity index (χ2v) is 6.05. The molecule has 6 nitrogen and oxygen atoms in total. The van der Waals surface area contributed by atoms with Gasteiger partial charge in [0.15, 0.2) is 6.04 Å². The van der Waals surface area contributed by atoms with Crippen LogP contribution in [0.4, 0.5) is 4.79 Å². The van der Waals surface area contributed by atoms with Crippen molar-refractivity contribution in [2.24, 2.45) is 0 Å². The second-order valence-electron chi connectivity index (χ2n) is 5.33. The monoisotopic (exact) mass is 300 g/mol. The fraction of sp³-hybridized carbons (Fsp3) is 0.615. The summed E-state index contributed by atoms with van der Waals surface area (Å²) in [5.41, 5.74) is 1.22.